The molecule has 1 aromatic heterocycles. The number of aryl methyl sites for hydroxylation is 1. The highest BCUT2D eigenvalue weighted by molar-refractivity contribution is 5.92. The molecule has 0 radical (unpaired) electrons. The molecule has 134 valence electrons. The summed E-state index contributed by atoms with van der Waals surface area (Å²) in [5.74, 6) is 0.187. The third-order valence-electron chi connectivity index (χ3n) is 3.54. The number of rotatable bonds is 8. The van der Waals surface area contributed by atoms with E-state index in [4.69, 9.17) is 4.74 Å². The number of hydrogen-bond donors (Lipinski definition) is 2. The summed E-state index contributed by atoms with van der Waals surface area (Å²) in [7, 11) is 5.62. The topological polar surface area (TPSA) is 79.4 Å². The van der Waals surface area contributed by atoms with Gasteiger partial charge in [-0.2, -0.15) is 0 Å². The minimum atomic E-state index is -0.215. The molecule has 0 unspecified atom stereocenters. The SMILES string of the molecule is COCCCNC(=O)c1cc(C)nc(Nc2ccc(N(C)C)cc2)n1. The monoisotopic (exact) mass is 343 g/mol. The molecule has 2 N–H and O–H groups in total. The molecule has 1 aromatic carbocycles. The molecule has 0 bridgehead atoms. The molecular formula is C18H25N5O2. The maximum absolute atomic E-state index is 12.2. The number of ether oxygens (including phenoxy) is 1. The van der Waals surface area contributed by atoms with E-state index in [0.717, 1.165) is 23.5 Å². The van der Waals surface area contributed by atoms with Crippen molar-refractivity contribution in [3.63, 3.8) is 0 Å². The van der Waals surface area contributed by atoms with E-state index in [1.54, 1.807) is 13.2 Å². The first-order valence-corrected chi connectivity index (χ1v) is 8.17. The summed E-state index contributed by atoms with van der Waals surface area (Å²) >= 11 is 0. The summed E-state index contributed by atoms with van der Waals surface area (Å²) < 4.78 is 4.97. The minimum absolute atomic E-state index is 0.215. The summed E-state index contributed by atoms with van der Waals surface area (Å²) in [6.07, 6.45) is 0.760. The van der Waals surface area contributed by atoms with Crippen LogP contribution in [-0.2, 0) is 4.74 Å². The lowest BCUT2D eigenvalue weighted by molar-refractivity contribution is 0.0943. The Kier molecular flexibility index (Phi) is 6.71. The highest BCUT2D eigenvalue weighted by atomic mass is 16.5. The van der Waals surface area contributed by atoms with Crippen LogP contribution >= 0.6 is 0 Å². The maximum Gasteiger partial charge on any atom is 0.270 e. The number of hydrogen-bond acceptors (Lipinski definition) is 6. The molecule has 0 fully saturated rings. The molecule has 7 nitrogen and oxygen atoms in total. The molecule has 0 saturated heterocycles. The Morgan fingerprint density at radius 2 is 1.92 bits per heavy atom. The normalized spacial score (nSPS) is 10.4. The Bertz CT molecular complexity index is 701. The molecule has 0 aliphatic heterocycles. The van der Waals surface area contributed by atoms with E-state index in [2.05, 4.69) is 20.6 Å². The van der Waals surface area contributed by atoms with Gasteiger partial charge in [-0.1, -0.05) is 0 Å². The molecule has 1 amide bonds. The van der Waals surface area contributed by atoms with Crippen LogP contribution in [0.2, 0.25) is 0 Å². The zero-order chi connectivity index (χ0) is 18.2. The van der Waals surface area contributed by atoms with Crippen LogP contribution in [0.3, 0.4) is 0 Å². The van der Waals surface area contributed by atoms with Crippen molar-refractivity contribution in [2.45, 2.75) is 13.3 Å². The fourth-order valence-corrected chi connectivity index (χ4v) is 2.22. The van der Waals surface area contributed by atoms with Crippen molar-refractivity contribution in [1.82, 2.24) is 15.3 Å². The van der Waals surface area contributed by atoms with Gasteiger partial charge in [0.25, 0.3) is 5.91 Å². The first-order valence-electron chi connectivity index (χ1n) is 8.17. The molecular weight excluding hydrogens is 318 g/mol. The number of benzene rings is 1. The zero-order valence-corrected chi connectivity index (χ0v) is 15.2. The number of aromatic nitrogens is 2. The van der Waals surface area contributed by atoms with Crippen molar-refractivity contribution in [2.75, 3.05) is 44.6 Å². The predicted octanol–water partition coefficient (Wildman–Crippen LogP) is 2.36. The Hall–Kier alpha value is -2.67. The Morgan fingerprint density at radius 3 is 2.56 bits per heavy atom. The number of carbonyl (C=O) groups is 1. The van der Waals surface area contributed by atoms with E-state index >= 15 is 0 Å². The Labute approximate surface area is 148 Å². The van der Waals surface area contributed by atoms with Crippen LogP contribution in [0.15, 0.2) is 30.3 Å². The molecule has 0 aliphatic rings. The number of amides is 1. The summed E-state index contributed by atoms with van der Waals surface area (Å²) in [6.45, 7) is 2.99. The molecule has 7 heteroatoms. The number of nitrogens with zero attached hydrogens (tertiary/aromatic N) is 3. The first-order chi connectivity index (χ1) is 12.0. The predicted molar refractivity (Wildman–Crippen MR) is 99.6 cm³/mol. The van der Waals surface area contributed by atoms with E-state index < -0.39 is 0 Å². The van der Waals surface area contributed by atoms with E-state index in [-0.39, 0.29) is 5.91 Å². The lowest BCUT2D eigenvalue weighted by Crippen LogP contribution is -2.26. The van der Waals surface area contributed by atoms with Crippen molar-refractivity contribution < 1.29 is 9.53 Å². The second-order valence-corrected chi connectivity index (χ2v) is 5.89. The summed E-state index contributed by atoms with van der Waals surface area (Å²) in [4.78, 5) is 22.9. The van der Waals surface area contributed by atoms with Crippen LogP contribution in [0.4, 0.5) is 17.3 Å². The third kappa shape index (κ3) is 5.72. The van der Waals surface area contributed by atoms with Crippen molar-refractivity contribution in [1.29, 1.82) is 0 Å². The third-order valence-corrected chi connectivity index (χ3v) is 3.54. The number of carbonyl (C=O) groups excluding carboxylic acids is 1. The highest BCUT2D eigenvalue weighted by Gasteiger charge is 2.10. The maximum atomic E-state index is 12.2. The van der Waals surface area contributed by atoms with Gasteiger partial charge in [0.1, 0.15) is 5.69 Å². The van der Waals surface area contributed by atoms with Gasteiger partial charge in [0.15, 0.2) is 0 Å². The average molecular weight is 343 g/mol. The second-order valence-electron chi connectivity index (χ2n) is 5.89. The fraction of sp³-hybridized carbons (Fsp3) is 0.389. The quantitative estimate of drug-likeness (QED) is 0.716. The molecule has 2 rings (SSSR count). The molecule has 2 aromatic rings. The summed E-state index contributed by atoms with van der Waals surface area (Å²) in [5.41, 5.74) is 3.04. The second kappa shape index (κ2) is 8.98. The largest absolute Gasteiger partial charge is 0.385 e. The van der Waals surface area contributed by atoms with E-state index in [1.807, 2.05) is 50.2 Å². The van der Waals surface area contributed by atoms with Gasteiger partial charge >= 0.3 is 0 Å². The fourth-order valence-electron chi connectivity index (χ4n) is 2.22. The molecule has 1 heterocycles. The van der Waals surface area contributed by atoms with Gasteiger partial charge < -0.3 is 20.3 Å². The van der Waals surface area contributed by atoms with Crippen molar-refractivity contribution in [3.8, 4) is 0 Å². The first kappa shape index (κ1) is 18.7. The minimum Gasteiger partial charge on any atom is -0.385 e. The average Bonchev–Trinajstić information content (AvgIpc) is 2.58. The standard InChI is InChI=1S/C18H25N5O2/c1-13-12-16(17(24)19-10-5-11-25-4)22-18(20-13)21-14-6-8-15(9-7-14)23(2)3/h6-9,12H,5,10-11H2,1-4H3,(H,19,24)(H,20,21,22). The van der Waals surface area contributed by atoms with E-state index in [0.29, 0.717) is 24.8 Å². The molecule has 25 heavy (non-hydrogen) atoms. The van der Waals surface area contributed by atoms with Gasteiger partial charge in [-0.25, -0.2) is 9.97 Å². The zero-order valence-electron chi connectivity index (χ0n) is 15.2. The molecule has 0 saturated carbocycles. The number of methoxy groups -OCH3 is 1. The Morgan fingerprint density at radius 1 is 1.20 bits per heavy atom. The van der Waals surface area contributed by atoms with E-state index in [9.17, 15) is 4.79 Å². The molecule has 0 aliphatic carbocycles. The van der Waals surface area contributed by atoms with Crippen LogP contribution in [0, 0.1) is 6.92 Å². The van der Waals surface area contributed by atoms with Crippen LogP contribution < -0.4 is 15.5 Å². The van der Waals surface area contributed by atoms with Crippen LogP contribution in [0.5, 0.6) is 0 Å². The van der Waals surface area contributed by atoms with E-state index in [1.165, 1.54) is 0 Å². The smallest absolute Gasteiger partial charge is 0.270 e. The van der Waals surface area contributed by atoms with Crippen LogP contribution in [0.1, 0.15) is 22.6 Å². The van der Waals surface area contributed by atoms with Gasteiger partial charge in [0, 0.05) is 51.4 Å². The molecule has 0 atom stereocenters. The lowest BCUT2D eigenvalue weighted by atomic mass is 10.2. The number of nitrogens with one attached hydrogen (secondary N) is 2. The van der Waals surface area contributed by atoms with Crippen LogP contribution in [0.25, 0.3) is 0 Å². The van der Waals surface area contributed by atoms with Gasteiger partial charge in [0.2, 0.25) is 5.95 Å². The van der Waals surface area contributed by atoms with Gasteiger partial charge in [0.05, 0.1) is 0 Å². The van der Waals surface area contributed by atoms with Gasteiger partial charge in [-0.05, 0) is 43.7 Å². The Balaban J connectivity index is 2.06. The van der Waals surface area contributed by atoms with Gasteiger partial charge in [-0.15, -0.1) is 0 Å². The summed E-state index contributed by atoms with van der Waals surface area (Å²) in [6, 6.07) is 9.58. The van der Waals surface area contributed by atoms with Crippen molar-refractivity contribution in [3.05, 3.63) is 41.7 Å². The molecule has 0 spiro atoms. The lowest BCUT2D eigenvalue weighted by Gasteiger charge is -2.13. The van der Waals surface area contributed by atoms with Crippen molar-refractivity contribution in [2.24, 2.45) is 0 Å². The van der Waals surface area contributed by atoms with Crippen LogP contribution in [-0.4, -0.2) is 50.2 Å². The highest BCUT2D eigenvalue weighted by Crippen LogP contribution is 2.18. The number of anilines is 3. The van der Waals surface area contributed by atoms with Crippen molar-refractivity contribution >= 4 is 23.2 Å². The van der Waals surface area contributed by atoms with Gasteiger partial charge in [-0.3, -0.25) is 4.79 Å². The summed E-state index contributed by atoms with van der Waals surface area (Å²) in [5, 5.41) is 5.97.